The van der Waals surface area contributed by atoms with Gasteiger partial charge in [0.05, 0.1) is 0 Å². The van der Waals surface area contributed by atoms with Crippen LogP contribution in [0, 0.1) is 6.92 Å². The minimum Gasteiger partial charge on any atom is -0.351 e. The van der Waals surface area contributed by atoms with Gasteiger partial charge < -0.3 is 5.32 Å². The van der Waals surface area contributed by atoms with Crippen LogP contribution in [0.3, 0.4) is 0 Å². The summed E-state index contributed by atoms with van der Waals surface area (Å²) in [5.41, 5.74) is 0.606. The van der Waals surface area contributed by atoms with Gasteiger partial charge >= 0.3 is 0 Å². The van der Waals surface area contributed by atoms with Crippen LogP contribution in [0.25, 0.3) is 5.78 Å². The Morgan fingerprint density at radius 2 is 2.17 bits per heavy atom. The zero-order chi connectivity index (χ0) is 16.4. The lowest BCUT2D eigenvalue weighted by molar-refractivity contribution is 0.0952. The number of aromatic amines is 1. The van der Waals surface area contributed by atoms with Gasteiger partial charge in [-0.15, -0.1) is 0 Å². The predicted octanol–water partition coefficient (Wildman–Crippen LogP) is 1.46. The van der Waals surface area contributed by atoms with Gasteiger partial charge in [0.1, 0.15) is 11.4 Å². The zero-order valence-corrected chi connectivity index (χ0v) is 13.9. The second-order valence-corrected chi connectivity index (χ2v) is 5.87. The zero-order valence-electron chi connectivity index (χ0n) is 12.3. The van der Waals surface area contributed by atoms with Crippen molar-refractivity contribution in [2.24, 2.45) is 0 Å². The Balaban J connectivity index is 1.72. The molecular formula is C15H14BrN5O2. The number of nitrogens with one attached hydrogen (secondary N) is 2. The lowest BCUT2D eigenvalue weighted by atomic mass is 10.1. The third-order valence-corrected chi connectivity index (χ3v) is 4.14. The number of H-pyrrole nitrogens is 1. The minimum absolute atomic E-state index is 0.0155. The van der Waals surface area contributed by atoms with E-state index in [1.54, 1.807) is 6.92 Å². The molecule has 0 aliphatic heterocycles. The first kappa shape index (κ1) is 15.4. The number of carbonyl (C=O) groups excluding carboxylic acids is 1. The fourth-order valence-corrected chi connectivity index (χ4v) is 2.71. The molecule has 8 heteroatoms. The second kappa shape index (κ2) is 6.33. The molecule has 0 radical (unpaired) electrons. The van der Waals surface area contributed by atoms with Crippen molar-refractivity contribution in [3.05, 3.63) is 62.2 Å². The van der Waals surface area contributed by atoms with E-state index in [-0.39, 0.29) is 11.3 Å². The highest BCUT2D eigenvalue weighted by molar-refractivity contribution is 9.10. The average Bonchev–Trinajstić information content (AvgIpc) is 2.91. The fraction of sp³-hybridized carbons (Fsp3) is 0.200. The van der Waals surface area contributed by atoms with Crippen LogP contribution in [-0.2, 0) is 6.42 Å². The number of benzene rings is 1. The van der Waals surface area contributed by atoms with E-state index in [9.17, 15) is 9.59 Å². The van der Waals surface area contributed by atoms with E-state index in [1.807, 2.05) is 24.3 Å². The van der Waals surface area contributed by atoms with Crippen LogP contribution < -0.4 is 10.9 Å². The number of amides is 1. The number of rotatable bonds is 4. The van der Waals surface area contributed by atoms with E-state index in [0.29, 0.717) is 18.8 Å². The van der Waals surface area contributed by atoms with E-state index in [2.05, 4.69) is 36.3 Å². The summed E-state index contributed by atoms with van der Waals surface area (Å²) in [5, 5.41) is 5.50. The highest BCUT2D eigenvalue weighted by Crippen LogP contribution is 2.15. The second-order valence-electron chi connectivity index (χ2n) is 5.02. The molecule has 7 nitrogen and oxygen atoms in total. The van der Waals surface area contributed by atoms with Crippen molar-refractivity contribution in [2.75, 3.05) is 6.54 Å². The summed E-state index contributed by atoms with van der Waals surface area (Å²) in [4.78, 5) is 32.5. The monoisotopic (exact) mass is 375 g/mol. The topological polar surface area (TPSA) is 92.2 Å². The van der Waals surface area contributed by atoms with Crippen LogP contribution in [-0.4, -0.2) is 32.0 Å². The van der Waals surface area contributed by atoms with E-state index < -0.39 is 11.5 Å². The third kappa shape index (κ3) is 3.16. The van der Waals surface area contributed by atoms with E-state index in [0.717, 1.165) is 14.6 Å². The molecule has 3 aromatic rings. The van der Waals surface area contributed by atoms with E-state index in [1.165, 1.54) is 6.20 Å². The van der Waals surface area contributed by atoms with Crippen molar-refractivity contribution in [1.29, 1.82) is 0 Å². The van der Waals surface area contributed by atoms with Crippen LogP contribution in [0.4, 0.5) is 0 Å². The van der Waals surface area contributed by atoms with Gasteiger partial charge in [0.2, 0.25) is 0 Å². The summed E-state index contributed by atoms with van der Waals surface area (Å²) in [6.45, 7) is 2.14. The van der Waals surface area contributed by atoms with Gasteiger partial charge in [-0.25, -0.2) is 4.98 Å². The largest absolute Gasteiger partial charge is 0.351 e. The van der Waals surface area contributed by atoms with Crippen LogP contribution in [0.5, 0.6) is 0 Å². The molecule has 2 N–H and O–H groups in total. The summed E-state index contributed by atoms with van der Waals surface area (Å²) >= 11 is 3.46. The molecule has 1 aromatic carbocycles. The van der Waals surface area contributed by atoms with Crippen LogP contribution in [0.15, 0.2) is 39.7 Å². The molecule has 2 heterocycles. The molecule has 1 amide bonds. The normalized spacial score (nSPS) is 10.9. The maximum absolute atomic E-state index is 12.3. The van der Waals surface area contributed by atoms with Crippen LogP contribution in [0.2, 0.25) is 0 Å². The molecule has 0 spiro atoms. The van der Waals surface area contributed by atoms with E-state index >= 15 is 0 Å². The van der Waals surface area contributed by atoms with Crippen molar-refractivity contribution in [1.82, 2.24) is 24.9 Å². The number of halogens is 1. The quantitative estimate of drug-likeness (QED) is 0.721. The Morgan fingerprint density at radius 1 is 1.39 bits per heavy atom. The van der Waals surface area contributed by atoms with Gasteiger partial charge in [0, 0.05) is 17.2 Å². The molecular weight excluding hydrogens is 362 g/mol. The molecule has 0 atom stereocenters. The van der Waals surface area contributed by atoms with Gasteiger partial charge in [0.25, 0.3) is 17.2 Å². The van der Waals surface area contributed by atoms with Crippen LogP contribution in [0.1, 0.15) is 21.7 Å². The lowest BCUT2D eigenvalue weighted by Gasteiger charge is -2.06. The molecule has 0 bridgehead atoms. The standard InChI is InChI=1S/C15H14BrN5O2/c1-9-19-15-18-8-11(14(23)21(15)20-9)13(22)17-7-6-10-4-2-3-5-12(10)16/h2-5,8H,6-7H2,1H3,(H,17,22)(H,18,19,20). The average molecular weight is 376 g/mol. The number of aromatic nitrogens is 4. The van der Waals surface area contributed by atoms with Crippen molar-refractivity contribution in [3.63, 3.8) is 0 Å². The summed E-state index contributed by atoms with van der Waals surface area (Å²) < 4.78 is 2.16. The third-order valence-electron chi connectivity index (χ3n) is 3.37. The molecule has 0 unspecified atom stereocenters. The molecule has 118 valence electrons. The number of hydrogen-bond donors (Lipinski definition) is 2. The lowest BCUT2D eigenvalue weighted by Crippen LogP contribution is -2.33. The number of hydrogen-bond acceptors (Lipinski definition) is 4. The molecule has 3 rings (SSSR count). The first-order valence-corrected chi connectivity index (χ1v) is 7.81. The Kier molecular flexibility index (Phi) is 4.24. The highest BCUT2D eigenvalue weighted by atomic mass is 79.9. The Bertz CT molecular complexity index is 931. The molecule has 0 fully saturated rings. The number of nitrogens with zero attached hydrogens (tertiary/aromatic N) is 3. The van der Waals surface area contributed by atoms with Crippen molar-refractivity contribution < 1.29 is 4.79 Å². The molecule has 2 aromatic heterocycles. The van der Waals surface area contributed by atoms with Gasteiger partial charge in [-0.1, -0.05) is 34.1 Å². The summed E-state index contributed by atoms with van der Waals surface area (Å²) in [5.74, 6) is 0.356. The smallest absolute Gasteiger partial charge is 0.286 e. The van der Waals surface area contributed by atoms with Gasteiger partial charge in [0.15, 0.2) is 0 Å². The maximum Gasteiger partial charge on any atom is 0.286 e. The Hall–Kier alpha value is -2.48. The summed E-state index contributed by atoms with van der Waals surface area (Å²) in [6.07, 6.45) is 1.92. The molecule has 0 saturated carbocycles. The molecule has 23 heavy (non-hydrogen) atoms. The van der Waals surface area contributed by atoms with Gasteiger partial charge in [-0.3, -0.25) is 14.7 Å². The number of carbonyl (C=O) groups is 1. The van der Waals surface area contributed by atoms with Gasteiger partial charge in [-0.2, -0.15) is 9.50 Å². The van der Waals surface area contributed by atoms with Crippen molar-refractivity contribution in [3.8, 4) is 0 Å². The SMILES string of the molecule is Cc1nc2ncc(C(=O)NCCc3ccccc3Br)c(=O)n2[nH]1. The van der Waals surface area contributed by atoms with Gasteiger partial charge in [-0.05, 0) is 25.0 Å². The minimum atomic E-state index is -0.464. The van der Waals surface area contributed by atoms with Crippen molar-refractivity contribution >= 4 is 27.6 Å². The number of fused-ring (bicyclic) bond motifs is 1. The summed E-state index contributed by atoms with van der Waals surface area (Å²) in [6, 6.07) is 7.79. The van der Waals surface area contributed by atoms with Crippen molar-refractivity contribution in [2.45, 2.75) is 13.3 Å². The molecule has 0 aliphatic rings. The highest BCUT2D eigenvalue weighted by Gasteiger charge is 2.14. The summed E-state index contributed by atoms with van der Waals surface area (Å²) in [7, 11) is 0. The van der Waals surface area contributed by atoms with Crippen LogP contribution >= 0.6 is 15.9 Å². The Labute approximate surface area is 139 Å². The molecule has 0 aliphatic carbocycles. The van der Waals surface area contributed by atoms with E-state index in [4.69, 9.17) is 0 Å². The Morgan fingerprint density at radius 3 is 2.96 bits per heavy atom. The molecule has 0 saturated heterocycles. The first-order valence-electron chi connectivity index (χ1n) is 7.02. The number of aryl methyl sites for hydroxylation is 1. The fourth-order valence-electron chi connectivity index (χ4n) is 2.23. The maximum atomic E-state index is 12.3. The predicted molar refractivity (Wildman–Crippen MR) is 88.5 cm³/mol. The first-order chi connectivity index (χ1) is 11.1.